The first kappa shape index (κ1) is 15.2. The number of aromatic amines is 1. The molecule has 4 heterocycles. The number of nitrogens with one attached hydrogen (secondary N) is 2. The minimum absolute atomic E-state index is 0.0764. The van der Waals surface area contributed by atoms with Crippen molar-refractivity contribution in [3.05, 3.63) is 60.4 Å². The normalized spacial score (nSPS) is 12.2. The Morgan fingerprint density at radius 3 is 2.56 bits per heavy atom. The molecule has 0 fully saturated rings. The number of nitrogens with zero attached hydrogens (tertiary/aromatic N) is 5. The molecule has 4 rings (SSSR count). The first-order valence-corrected chi connectivity index (χ1v) is 8.01. The summed E-state index contributed by atoms with van der Waals surface area (Å²) in [6, 6.07) is 5.98. The quantitative estimate of drug-likeness (QED) is 0.596. The summed E-state index contributed by atoms with van der Waals surface area (Å²) < 4.78 is 0. The highest BCUT2D eigenvalue weighted by Crippen LogP contribution is 2.27. The molecule has 0 aliphatic rings. The fourth-order valence-corrected chi connectivity index (χ4v) is 2.73. The molecule has 124 valence electrons. The lowest BCUT2D eigenvalue weighted by Gasteiger charge is -2.17. The molecule has 7 nitrogen and oxygen atoms in total. The van der Waals surface area contributed by atoms with E-state index < -0.39 is 0 Å². The number of pyridine rings is 2. The lowest BCUT2D eigenvalue weighted by Crippen LogP contribution is -2.09. The molecule has 4 aromatic rings. The zero-order chi connectivity index (χ0) is 17.2. The molecular formula is C18H17N7. The first-order chi connectivity index (χ1) is 12.2. The molecule has 0 aliphatic carbocycles. The van der Waals surface area contributed by atoms with E-state index in [0.29, 0.717) is 5.82 Å². The highest BCUT2D eigenvalue weighted by atomic mass is 15.1. The molecule has 25 heavy (non-hydrogen) atoms. The van der Waals surface area contributed by atoms with Gasteiger partial charge in [-0.15, -0.1) is 0 Å². The van der Waals surface area contributed by atoms with Gasteiger partial charge in [0.2, 0.25) is 0 Å². The van der Waals surface area contributed by atoms with Crippen LogP contribution in [0.4, 0.5) is 5.82 Å². The van der Waals surface area contributed by atoms with Gasteiger partial charge in [-0.05, 0) is 37.6 Å². The monoisotopic (exact) mass is 331 g/mol. The number of rotatable bonds is 4. The smallest absolute Gasteiger partial charge is 0.165 e. The SMILES string of the molecule is Cc1[nH]ncc1-c1nc(NC(C)c2ccncc2)c2ccncc2n1. The number of H-pyrrole nitrogens is 1. The number of aryl methyl sites for hydroxylation is 1. The van der Waals surface area contributed by atoms with Crippen LogP contribution < -0.4 is 5.32 Å². The fourth-order valence-electron chi connectivity index (χ4n) is 2.73. The van der Waals surface area contributed by atoms with E-state index in [1.807, 2.05) is 25.1 Å². The number of fused-ring (bicyclic) bond motifs is 1. The van der Waals surface area contributed by atoms with E-state index in [-0.39, 0.29) is 6.04 Å². The highest BCUT2D eigenvalue weighted by Gasteiger charge is 2.14. The molecule has 4 aromatic heterocycles. The van der Waals surface area contributed by atoms with E-state index in [4.69, 9.17) is 4.98 Å². The molecule has 0 radical (unpaired) electrons. The van der Waals surface area contributed by atoms with Gasteiger partial charge in [-0.1, -0.05) is 0 Å². The molecular weight excluding hydrogens is 314 g/mol. The molecule has 0 spiro atoms. The van der Waals surface area contributed by atoms with Gasteiger partial charge in [0.25, 0.3) is 0 Å². The van der Waals surface area contributed by atoms with Crippen LogP contribution in [-0.2, 0) is 0 Å². The molecule has 1 atom stereocenters. The van der Waals surface area contributed by atoms with Crippen LogP contribution in [-0.4, -0.2) is 30.1 Å². The van der Waals surface area contributed by atoms with Gasteiger partial charge in [-0.25, -0.2) is 9.97 Å². The summed E-state index contributed by atoms with van der Waals surface area (Å²) in [5, 5.41) is 11.4. The van der Waals surface area contributed by atoms with Gasteiger partial charge >= 0.3 is 0 Å². The molecule has 0 aliphatic heterocycles. The topological polar surface area (TPSA) is 92.3 Å². The summed E-state index contributed by atoms with van der Waals surface area (Å²) in [5.41, 5.74) is 3.73. The lowest BCUT2D eigenvalue weighted by atomic mass is 10.1. The minimum Gasteiger partial charge on any atom is -0.363 e. The van der Waals surface area contributed by atoms with Crippen LogP contribution >= 0.6 is 0 Å². The van der Waals surface area contributed by atoms with E-state index >= 15 is 0 Å². The molecule has 1 unspecified atom stereocenters. The third-order valence-electron chi connectivity index (χ3n) is 4.13. The van der Waals surface area contributed by atoms with Crippen molar-refractivity contribution >= 4 is 16.7 Å². The number of hydrogen-bond donors (Lipinski definition) is 2. The van der Waals surface area contributed by atoms with E-state index in [2.05, 4.69) is 37.4 Å². The fraction of sp³-hybridized carbons (Fsp3) is 0.167. The van der Waals surface area contributed by atoms with E-state index in [9.17, 15) is 0 Å². The van der Waals surface area contributed by atoms with Crippen LogP contribution in [0.3, 0.4) is 0 Å². The van der Waals surface area contributed by atoms with Crippen molar-refractivity contribution in [1.82, 2.24) is 30.1 Å². The number of hydrogen-bond acceptors (Lipinski definition) is 6. The van der Waals surface area contributed by atoms with Crippen LogP contribution in [0, 0.1) is 6.92 Å². The van der Waals surface area contributed by atoms with Crippen molar-refractivity contribution in [1.29, 1.82) is 0 Å². The summed E-state index contributed by atoms with van der Waals surface area (Å²) in [6.07, 6.45) is 8.81. The second-order valence-corrected chi connectivity index (χ2v) is 5.84. The van der Waals surface area contributed by atoms with Gasteiger partial charge in [0, 0.05) is 29.7 Å². The summed E-state index contributed by atoms with van der Waals surface area (Å²) in [6.45, 7) is 4.04. The van der Waals surface area contributed by atoms with Gasteiger partial charge < -0.3 is 5.32 Å². The van der Waals surface area contributed by atoms with Crippen LogP contribution in [0.25, 0.3) is 22.3 Å². The van der Waals surface area contributed by atoms with Crippen LogP contribution in [0.15, 0.2) is 49.2 Å². The summed E-state index contributed by atoms with van der Waals surface area (Å²) >= 11 is 0. The molecule has 0 saturated carbocycles. The van der Waals surface area contributed by atoms with E-state index in [0.717, 1.165) is 33.5 Å². The van der Waals surface area contributed by atoms with Crippen LogP contribution in [0.2, 0.25) is 0 Å². The zero-order valence-corrected chi connectivity index (χ0v) is 13.9. The summed E-state index contributed by atoms with van der Waals surface area (Å²) in [5.74, 6) is 1.39. The van der Waals surface area contributed by atoms with Gasteiger partial charge in [0.1, 0.15) is 5.82 Å². The highest BCUT2D eigenvalue weighted by molar-refractivity contribution is 5.90. The lowest BCUT2D eigenvalue weighted by molar-refractivity contribution is 0.872. The van der Waals surface area contributed by atoms with Gasteiger partial charge in [-0.2, -0.15) is 5.10 Å². The standard InChI is InChI=1S/C18H17N7/c1-11(13-3-6-19-7-4-13)22-17-14-5-8-20-10-16(14)23-18(24-17)15-9-21-25-12(15)2/h3-11H,1-2H3,(H,21,25)(H,22,23,24). The van der Waals surface area contributed by atoms with Gasteiger partial charge in [0.15, 0.2) is 5.82 Å². The molecule has 0 saturated heterocycles. The maximum atomic E-state index is 4.74. The molecule has 0 aromatic carbocycles. The zero-order valence-electron chi connectivity index (χ0n) is 13.9. The third kappa shape index (κ3) is 2.91. The van der Waals surface area contributed by atoms with Crippen molar-refractivity contribution < 1.29 is 0 Å². The van der Waals surface area contributed by atoms with Crippen LogP contribution in [0.5, 0.6) is 0 Å². The second kappa shape index (κ2) is 6.27. The maximum Gasteiger partial charge on any atom is 0.165 e. The van der Waals surface area contributed by atoms with Crippen molar-refractivity contribution in [2.45, 2.75) is 19.9 Å². The Morgan fingerprint density at radius 1 is 1.00 bits per heavy atom. The molecule has 7 heteroatoms. The second-order valence-electron chi connectivity index (χ2n) is 5.84. The van der Waals surface area contributed by atoms with Crippen molar-refractivity contribution in [3.8, 4) is 11.4 Å². The molecule has 0 bridgehead atoms. The Labute approximate surface area is 144 Å². The third-order valence-corrected chi connectivity index (χ3v) is 4.13. The van der Waals surface area contributed by atoms with Crippen molar-refractivity contribution in [2.24, 2.45) is 0 Å². The number of anilines is 1. The first-order valence-electron chi connectivity index (χ1n) is 8.01. The largest absolute Gasteiger partial charge is 0.363 e. The predicted molar refractivity (Wildman–Crippen MR) is 95.9 cm³/mol. The van der Waals surface area contributed by atoms with E-state index in [1.165, 1.54) is 0 Å². The van der Waals surface area contributed by atoms with Gasteiger partial charge in [0.05, 0.1) is 29.5 Å². The average Bonchev–Trinajstić information content (AvgIpc) is 3.08. The summed E-state index contributed by atoms with van der Waals surface area (Å²) in [4.78, 5) is 17.6. The molecule has 2 N–H and O–H groups in total. The Morgan fingerprint density at radius 2 is 1.80 bits per heavy atom. The van der Waals surface area contributed by atoms with Crippen LogP contribution in [0.1, 0.15) is 24.2 Å². The summed E-state index contributed by atoms with van der Waals surface area (Å²) in [7, 11) is 0. The Hall–Kier alpha value is -3.35. The van der Waals surface area contributed by atoms with Crippen molar-refractivity contribution in [2.75, 3.05) is 5.32 Å². The van der Waals surface area contributed by atoms with Crippen molar-refractivity contribution in [3.63, 3.8) is 0 Å². The Kier molecular flexibility index (Phi) is 3.81. The van der Waals surface area contributed by atoms with Gasteiger partial charge in [-0.3, -0.25) is 15.1 Å². The minimum atomic E-state index is 0.0764. The average molecular weight is 331 g/mol. The number of aromatic nitrogens is 6. The maximum absolute atomic E-state index is 4.74. The predicted octanol–water partition coefficient (Wildman–Crippen LogP) is 3.29. The molecule has 0 amide bonds. The Bertz CT molecular complexity index is 1010. The Balaban J connectivity index is 1.80. The van der Waals surface area contributed by atoms with E-state index in [1.54, 1.807) is 31.0 Å².